The molecule has 14 heteroatoms. The number of para-hydroxylation sites is 1. The lowest BCUT2D eigenvalue weighted by Crippen LogP contribution is -2.61. The molecule has 3 saturated heterocycles. The largest absolute Gasteiger partial charge is 0.458 e. The van der Waals surface area contributed by atoms with Crippen LogP contribution < -0.4 is 5.84 Å². The average Bonchev–Trinajstić information content (AvgIpc) is 3.40. The van der Waals surface area contributed by atoms with Crippen molar-refractivity contribution in [2.24, 2.45) is 29.5 Å². The topological polar surface area (TPSA) is 180 Å². The maximum Gasteiger partial charge on any atom is 0.425 e. The van der Waals surface area contributed by atoms with Crippen LogP contribution in [0.15, 0.2) is 42.6 Å². The molecule has 3 aliphatic heterocycles. The number of aromatic nitrogens is 1. The number of carbonyl (C=O) groups excluding carboxylic acids is 4. The minimum atomic E-state index is -1.49. The molecule has 0 bridgehead atoms. The van der Waals surface area contributed by atoms with Gasteiger partial charge in [0, 0.05) is 35.4 Å². The molecule has 1 aromatic heterocycles. The highest BCUT2D eigenvalue weighted by molar-refractivity contribution is 6.00. The van der Waals surface area contributed by atoms with Crippen molar-refractivity contribution < 1.29 is 48.0 Å². The number of pyridine rings is 1. The van der Waals surface area contributed by atoms with Crippen LogP contribution in [0.4, 0.5) is 4.79 Å². The van der Waals surface area contributed by atoms with E-state index in [2.05, 4.69) is 4.98 Å². The van der Waals surface area contributed by atoms with Crippen molar-refractivity contribution in [3.63, 3.8) is 0 Å². The first-order valence-electron chi connectivity index (χ1n) is 19.7. The quantitative estimate of drug-likeness (QED) is 0.163. The monoisotopic (exact) mass is 780 g/mol. The molecule has 0 aliphatic carbocycles. The summed E-state index contributed by atoms with van der Waals surface area (Å²) in [5.74, 6) is 0.830. The van der Waals surface area contributed by atoms with Crippen molar-refractivity contribution in [1.29, 1.82) is 0 Å². The third kappa shape index (κ3) is 8.70. The van der Waals surface area contributed by atoms with E-state index in [1.54, 1.807) is 47.7 Å². The lowest BCUT2D eigenvalue weighted by atomic mass is 9.73. The summed E-state index contributed by atoms with van der Waals surface area (Å²) < 4.78 is 31.4. The third-order valence-corrected chi connectivity index (χ3v) is 12.1. The first kappa shape index (κ1) is 43.3. The summed E-state index contributed by atoms with van der Waals surface area (Å²) in [6.07, 6.45) is 0.716. The Morgan fingerprint density at radius 1 is 1.05 bits per heavy atom. The number of rotatable bonds is 8. The minimum absolute atomic E-state index is 0.0424. The first-order valence-corrected chi connectivity index (χ1v) is 19.7. The number of benzene rings is 1. The summed E-state index contributed by atoms with van der Waals surface area (Å²) in [6, 6.07) is 8.49. The van der Waals surface area contributed by atoms with Gasteiger partial charge in [0.2, 0.25) is 0 Å². The van der Waals surface area contributed by atoms with E-state index >= 15 is 0 Å². The van der Waals surface area contributed by atoms with Gasteiger partial charge in [-0.1, -0.05) is 58.0 Å². The summed E-state index contributed by atoms with van der Waals surface area (Å²) >= 11 is 0. The number of fused-ring (bicyclic) bond motifs is 2. The molecule has 56 heavy (non-hydrogen) atoms. The van der Waals surface area contributed by atoms with Crippen molar-refractivity contribution in [2.75, 3.05) is 20.7 Å². The number of ketones is 2. The van der Waals surface area contributed by atoms with E-state index in [9.17, 15) is 24.3 Å². The van der Waals surface area contributed by atoms with Gasteiger partial charge in [0.15, 0.2) is 17.7 Å². The molecule has 5 rings (SSSR count). The Morgan fingerprint density at radius 3 is 2.43 bits per heavy atom. The Kier molecular flexibility index (Phi) is 13.4. The summed E-state index contributed by atoms with van der Waals surface area (Å²) in [6.45, 7) is 13.6. The van der Waals surface area contributed by atoms with Crippen molar-refractivity contribution in [1.82, 2.24) is 14.9 Å². The number of aliphatic hydroxyl groups excluding tert-OH is 1. The van der Waals surface area contributed by atoms with Crippen LogP contribution in [0.1, 0.15) is 80.2 Å². The number of aliphatic hydroxyl groups is 1. The molecule has 1 aromatic carbocycles. The first-order chi connectivity index (χ1) is 26.3. The van der Waals surface area contributed by atoms with Crippen LogP contribution in [0.2, 0.25) is 0 Å². The Labute approximate surface area is 330 Å². The van der Waals surface area contributed by atoms with Crippen LogP contribution in [-0.4, -0.2) is 118 Å². The normalized spacial score (nSPS) is 37.8. The number of hydrogen-bond acceptors (Lipinski definition) is 13. The van der Waals surface area contributed by atoms with Crippen molar-refractivity contribution >= 4 is 40.6 Å². The van der Waals surface area contributed by atoms with Crippen LogP contribution in [0.3, 0.4) is 0 Å². The predicted molar refractivity (Wildman–Crippen MR) is 209 cm³/mol. The van der Waals surface area contributed by atoms with E-state index in [0.29, 0.717) is 6.42 Å². The molecule has 13 atom stereocenters. The summed E-state index contributed by atoms with van der Waals surface area (Å²) in [7, 11) is 3.73. The molecule has 4 heterocycles. The standard InChI is InChI=1S/C42H60N4O10/c1-11-32-42(8)36(46(43)40(51)56-42)25(4)33(47)23(2)21-41(7,52-18-14-15-28-20-29-16-12-13-17-30(29)44-22-28)37(26(5)34(48)27(6)38(50)54-32)55-39-35(49)31(45(9)10)19-24(3)53-39/h12-17,20,22-27,31-32,35-37,39,49H,11,18-19,21,43H2,1-10H3/b15-14+/t23-,24-,25-,26+,27-,31+,32+,35-,36-,37-,39+,41+,42-/m1/s1. The van der Waals surface area contributed by atoms with E-state index in [4.69, 9.17) is 29.5 Å². The molecule has 3 N–H and O–H groups in total. The highest BCUT2D eigenvalue weighted by Crippen LogP contribution is 2.42. The molecule has 1 amide bonds. The molecule has 14 nitrogen and oxygen atoms in total. The second kappa shape index (κ2) is 17.4. The zero-order valence-corrected chi connectivity index (χ0v) is 34.3. The fourth-order valence-electron chi connectivity index (χ4n) is 8.95. The summed E-state index contributed by atoms with van der Waals surface area (Å²) in [4.78, 5) is 62.2. The smallest absolute Gasteiger partial charge is 0.425 e. The van der Waals surface area contributed by atoms with Gasteiger partial charge in [-0.2, -0.15) is 0 Å². The number of ether oxygens (including phenoxy) is 5. The van der Waals surface area contributed by atoms with Crippen LogP contribution in [-0.2, 0) is 38.1 Å². The highest BCUT2D eigenvalue weighted by atomic mass is 16.7. The van der Waals surface area contributed by atoms with Crippen molar-refractivity contribution in [3.8, 4) is 0 Å². The zero-order valence-electron chi connectivity index (χ0n) is 34.3. The number of Topliss-reactive ketones (excluding diaryl/α,β-unsaturated/α-hetero) is 2. The average molecular weight is 781 g/mol. The number of hydrazine groups is 1. The predicted octanol–water partition coefficient (Wildman–Crippen LogP) is 4.70. The van der Waals surface area contributed by atoms with Crippen LogP contribution >= 0.6 is 0 Å². The van der Waals surface area contributed by atoms with Crippen molar-refractivity contribution in [2.45, 2.75) is 129 Å². The number of nitrogens with zero attached hydrogens (tertiary/aromatic N) is 3. The molecule has 2 aromatic rings. The third-order valence-electron chi connectivity index (χ3n) is 12.1. The Balaban J connectivity index is 1.57. The zero-order chi connectivity index (χ0) is 41.3. The molecule has 3 fully saturated rings. The lowest BCUT2D eigenvalue weighted by molar-refractivity contribution is -0.296. The molecule has 3 aliphatic rings. The number of nitrogens with two attached hydrogens (primary N) is 1. The Hall–Kier alpha value is -3.79. The molecule has 0 radical (unpaired) electrons. The Morgan fingerprint density at radius 2 is 1.75 bits per heavy atom. The summed E-state index contributed by atoms with van der Waals surface area (Å²) in [5.41, 5.74) is -1.17. The molecule has 0 saturated carbocycles. The number of hydrogen-bond donors (Lipinski definition) is 2. The van der Waals surface area contributed by atoms with E-state index in [1.807, 2.05) is 68.4 Å². The number of carbonyl (C=O) groups is 4. The number of cyclic esters (lactones) is 1. The SMILES string of the molecule is CC[C@@H]1OC(=O)[C@H](C)C(=O)[C@H](C)[C@@H](O[C@@H]2O[C@H](C)C[C@H](N(C)C)[C@H]2O)[C@@](C)(OC/C=C/c2cnc3ccccc3c2)C[C@@H](C)C(=O)[C@@H](C)[C@H]2N(N)C(=O)O[C@]12C. The van der Waals surface area contributed by atoms with Gasteiger partial charge in [0.25, 0.3) is 0 Å². The Bertz CT molecular complexity index is 1790. The fraction of sp³-hybridized carbons (Fsp3) is 0.643. The van der Waals surface area contributed by atoms with E-state index in [-0.39, 0.29) is 37.4 Å². The number of likely N-dealkylation sites (N-methyl/N-ethyl adjacent to an activating group) is 1. The van der Waals surface area contributed by atoms with Gasteiger partial charge >= 0.3 is 12.1 Å². The number of esters is 1. The van der Waals surface area contributed by atoms with Gasteiger partial charge in [0.05, 0.1) is 29.9 Å². The summed E-state index contributed by atoms with van der Waals surface area (Å²) in [5, 5.41) is 13.5. The maximum absolute atomic E-state index is 14.5. The molecular weight excluding hydrogens is 720 g/mol. The van der Waals surface area contributed by atoms with Gasteiger partial charge in [-0.3, -0.25) is 19.4 Å². The minimum Gasteiger partial charge on any atom is -0.458 e. The van der Waals surface area contributed by atoms with Crippen LogP contribution in [0.25, 0.3) is 17.0 Å². The van der Waals surface area contributed by atoms with Gasteiger partial charge in [0.1, 0.15) is 30.0 Å². The van der Waals surface area contributed by atoms with Gasteiger partial charge in [-0.25, -0.2) is 15.6 Å². The van der Waals surface area contributed by atoms with E-state index in [1.165, 1.54) is 6.92 Å². The highest BCUT2D eigenvalue weighted by Gasteiger charge is 2.60. The van der Waals surface area contributed by atoms with Crippen LogP contribution in [0.5, 0.6) is 0 Å². The van der Waals surface area contributed by atoms with Crippen LogP contribution in [0, 0.1) is 23.7 Å². The molecule has 0 unspecified atom stereocenters. The van der Waals surface area contributed by atoms with Gasteiger partial charge in [-0.05, 0) is 78.7 Å². The maximum atomic E-state index is 14.5. The van der Waals surface area contributed by atoms with Gasteiger partial charge in [-0.15, -0.1) is 0 Å². The second-order valence-electron chi connectivity index (χ2n) is 16.6. The molecule has 308 valence electrons. The molecular formula is C42H60N4O10. The molecule has 0 spiro atoms. The van der Waals surface area contributed by atoms with E-state index in [0.717, 1.165) is 21.5 Å². The van der Waals surface area contributed by atoms with Gasteiger partial charge < -0.3 is 33.7 Å². The second-order valence-corrected chi connectivity index (χ2v) is 16.6. The van der Waals surface area contributed by atoms with E-state index < -0.39 is 83.4 Å². The fourth-order valence-corrected chi connectivity index (χ4v) is 8.95. The number of amides is 1. The van der Waals surface area contributed by atoms with Crippen molar-refractivity contribution in [3.05, 3.63) is 48.2 Å². The lowest BCUT2D eigenvalue weighted by Gasteiger charge is -2.47.